The largest absolute Gasteiger partial charge is 0.271 e. The molecule has 0 saturated heterocycles. The zero-order valence-electron chi connectivity index (χ0n) is 25.2. The third kappa shape index (κ3) is 5.25. The smallest absolute Gasteiger partial charge is 0.236 e. The first-order valence-electron chi connectivity index (χ1n) is 14.6. The summed E-state index contributed by atoms with van der Waals surface area (Å²) in [7, 11) is 0. The van der Waals surface area contributed by atoms with Crippen LogP contribution in [0, 0.1) is 0 Å². The van der Waals surface area contributed by atoms with Crippen molar-refractivity contribution in [1.82, 2.24) is 14.1 Å². The van der Waals surface area contributed by atoms with Crippen LogP contribution in [0.3, 0.4) is 0 Å². The van der Waals surface area contributed by atoms with E-state index in [9.17, 15) is 0 Å². The van der Waals surface area contributed by atoms with Crippen LogP contribution >= 0.6 is 0 Å². The lowest BCUT2D eigenvalue weighted by Crippen LogP contribution is -2.34. The molecule has 206 valence electrons. The van der Waals surface area contributed by atoms with E-state index in [1.807, 2.05) is 0 Å². The fraction of sp³-hybridized carbons (Fsp3) is 0.343. The van der Waals surface area contributed by atoms with Gasteiger partial charge in [0.2, 0.25) is 0 Å². The minimum Gasteiger partial charge on any atom is -0.236 e. The van der Waals surface area contributed by atoms with Crippen molar-refractivity contribution in [2.75, 3.05) is 0 Å². The van der Waals surface area contributed by atoms with Crippen molar-refractivity contribution in [2.24, 2.45) is 0 Å². The average molecular weight is 534 g/mol. The number of benzene rings is 2. The molecular formula is C35H43N5+2. The molecule has 0 unspecified atom stereocenters. The summed E-state index contributed by atoms with van der Waals surface area (Å²) in [6, 6.07) is 19.6. The molecule has 0 spiro atoms. The van der Waals surface area contributed by atoms with Crippen LogP contribution in [0.2, 0.25) is 0 Å². The normalized spacial score (nSPS) is 11.9. The van der Waals surface area contributed by atoms with E-state index in [1.165, 1.54) is 33.6 Å². The van der Waals surface area contributed by atoms with Crippen LogP contribution in [-0.4, -0.2) is 14.1 Å². The van der Waals surface area contributed by atoms with Gasteiger partial charge in [0.15, 0.2) is 12.7 Å². The van der Waals surface area contributed by atoms with E-state index in [4.69, 9.17) is 4.98 Å². The van der Waals surface area contributed by atoms with Gasteiger partial charge in [0.1, 0.15) is 23.8 Å². The Balaban J connectivity index is 1.52. The lowest BCUT2D eigenvalue weighted by atomic mass is 9.92. The fourth-order valence-electron chi connectivity index (χ4n) is 5.56. The fourth-order valence-corrected chi connectivity index (χ4v) is 5.56. The Labute approximate surface area is 239 Å². The van der Waals surface area contributed by atoms with Gasteiger partial charge in [-0.3, -0.25) is 0 Å². The van der Waals surface area contributed by atoms with Crippen LogP contribution in [0.15, 0.2) is 92.0 Å². The Kier molecular flexibility index (Phi) is 7.75. The van der Waals surface area contributed by atoms with Crippen molar-refractivity contribution in [2.45, 2.75) is 79.1 Å². The van der Waals surface area contributed by atoms with Crippen molar-refractivity contribution in [3.8, 4) is 23.0 Å². The van der Waals surface area contributed by atoms with E-state index in [2.05, 4.69) is 166 Å². The molecule has 5 heteroatoms. The first-order chi connectivity index (χ1) is 19.2. The van der Waals surface area contributed by atoms with Crippen LogP contribution in [-0.2, 0) is 0 Å². The van der Waals surface area contributed by atoms with Gasteiger partial charge >= 0.3 is 0 Å². The third-order valence-electron chi connectivity index (χ3n) is 7.72. The summed E-state index contributed by atoms with van der Waals surface area (Å²) >= 11 is 0. The predicted molar refractivity (Wildman–Crippen MR) is 162 cm³/mol. The molecule has 0 radical (unpaired) electrons. The number of hydrogen-bond acceptors (Lipinski definition) is 1. The number of imidazole rings is 2. The first-order valence-corrected chi connectivity index (χ1v) is 14.6. The van der Waals surface area contributed by atoms with Crippen LogP contribution < -0.4 is 9.13 Å². The van der Waals surface area contributed by atoms with E-state index < -0.39 is 0 Å². The second kappa shape index (κ2) is 11.2. The summed E-state index contributed by atoms with van der Waals surface area (Å²) in [6.07, 6.45) is 12.8. The molecule has 2 aromatic carbocycles. The van der Waals surface area contributed by atoms with Gasteiger partial charge in [-0.2, -0.15) is 0 Å². The third-order valence-corrected chi connectivity index (χ3v) is 7.72. The number of rotatable bonds is 8. The Morgan fingerprint density at radius 3 is 1.15 bits per heavy atom. The Morgan fingerprint density at radius 1 is 0.500 bits per heavy atom. The molecule has 40 heavy (non-hydrogen) atoms. The zero-order chi connectivity index (χ0) is 28.6. The summed E-state index contributed by atoms with van der Waals surface area (Å²) in [5.41, 5.74) is 7.98. The second-order valence-corrected chi connectivity index (χ2v) is 12.0. The standard InChI is InChI=1S/C35H43N5/c1-24(2)28-12-9-13-29(25(3)4)34(28)39-20-18-37(22-39)32-16-11-17-33(36-32)38-19-21-40(23-38)35-30(26(5)6)14-10-15-31(35)27(7)8/h9-27H,1-8H3/q+2. The lowest BCUT2D eigenvalue weighted by Gasteiger charge is -2.17. The summed E-state index contributed by atoms with van der Waals surface area (Å²) in [6.45, 7) is 18.1. The van der Waals surface area contributed by atoms with Crippen LogP contribution in [0.5, 0.6) is 0 Å². The van der Waals surface area contributed by atoms with Crippen LogP contribution in [0.25, 0.3) is 23.0 Å². The van der Waals surface area contributed by atoms with Crippen molar-refractivity contribution >= 4 is 0 Å². The summed E-state index contributed by atoms with van der Waals surface area (Å²) in [4.78, 5) is 5.06. The van der Waals surface area contributed by atoms with E-state index in [0.29, 0.717) is 23.7 Å². The molecule has 0 aliphatic heterocycles. The molecule has 5 rings (SSSR count). The van der Waals surface area contributed by atoms with Gasteiger partial charge in [-0.15, -0.1) is 0 Å². The number of aromatic nitrogens is 5. The molecule has 5 nitrogen and oxygen atoms in total. The van der Waals surface area contributed by atoms with Gasteiger partial charge in [-0.1, -0.05) is 96.8 Å². The van der Waals surface area contributed by atoms with Crippen LogP contribution in [0.4, 0.5) is 0 Å². The maximum Gasteiger partial charge on any atom is 0.271 e. The number of pyridine rings is 1. The van der Waals surface area contributed by atoms with E-state index in [-0.39, 0.29) is 0 Å². The summed E-state index contributed by atoms with van der Waals surface area (Å²) < 4.78 is 8.71. The molecule has 0 aliphatic rings. The van der Waals surface area contributed by atoms with Gasteiger partial charge in [-0.05, 0) is 52.0 Å². The Bertz CT molecular complexity index is 1450. The molecule has 0 aliphatic carbocycles. The van der Waals surface area contributed by atoms with E-state index >= 15 is 0 Å². The quantitative estimate of drug-likeness (QED) is 0.188. The van der Waals surface area contributed by atoms with Crippen molar-refractivity contribution < 1.29 is 9.13 Å². The van der Waals surface area contributed by atoms with Gasteiger partial charge in [-0.25, -0.2) is 18.3 Å². The molecule has 0 bridgehead atoms. The highest BCUT2D eigenvalue weighted by Crippen LogP contribution is 2.32. The Morgan fingerprint density at radius 2 is 0.825 bits per heavy atom. The maximum atomic E-state index is 5.06. The van der Waals surface area contributed by atoms with E-state index in [1.54, 1.807) is 0 Å². The van der Waals surface area contributed by atoms with Crippen molar-refractivity contribution in [1.29, 1.82) is 0 Å². The maximum absolute atomic E-state index is 5.06. The molecule has 0 amide bonds. The molecule has 5 aromatic rings. The summed E-state index contributed by atoms with van der Waals surface area (Å²) in [5, 5.41) is 0. The zero-order valence-corrected chi connectivity index (χ0v) is 25.2. The summed E-state index contributed by atoms with van der Waals surface area (Å²) in [5.74, 6) is 3.50. The molecule has 0 saturated carbocycles. The van der Waals surface area contributed by atoms with Gasteiger partial charge in [0, 0.05) is 12.1 Å². The van der Waals surface area contributed by atoms with Crippen LogP contribution in [0.1, 0.15) is 101 Å². The molecule has 3 aromatic heterocycles. The van der Waals surface area contributed by atoms with Crippen molar-refractivity contribution in [3.05, 3.63) is 114 Å². The van der Waals surface area contributed by atoms with Gasteiger partial charge < -0.3 is 0 Å². The number of nitrogens with zero attached hydrogens (tertiary/aromatic N) is 5. The lowest BCUT2D eigenvalue weighted by molar-refractivity contribution is -0.610. The minimum absolute atomic E-state index is 0.434. The number of para-hydroxylation sites is 2. The first kappa shape index (κ1) is 27.6. The highest BCUT2D eigenvalue weighted by atomic mass is 15.2. The molecule has 0 atom stereocenters. The highest BCUT2D eigenvalue weighted by molar-refractivity contribution is 5.52. The monoisotopic (exact) mass is 533 g/mol. The predicted octanol–water partition coefficient (Wildman–Crippen LogP) is 7.71. The molecule has 0 N–H and O–H groups in total. The average Bonchev–Trinajstić information content (AvgIpc) is 3.63. The molecular weight excluding hydrogens is 490 g/mol. The molecule has 3 heterocycles. The van der Waals surface area contributed by atoms with Gasteiger partial charge in [0.25, 0.3) is 11.6 Å². The van der Waals surface area contributed by atoms with Gasteiger partial charge in [0.05, 0.1) is 12.4 Å². The topological polar surface area (TPSA) is 30.5 Å². The highest BCUT2D eigenvalue weighted by Gasteiger charge is 2.22. The SMILES string of the molecule is CC(C)c1cccc(C(C)C)c1-n1cc[n+](-c2cccc(-[n+]3ccn(-c4c(C(C)C)cccc4C(C)C)c3)n2)c1. The van der Waals surface area contributed by atoms with E-state index in [0.717, 1.165) is 11.6 Å². The molecule has 0 fully saturated rings. The van der Waals surface area contributed by atoms with Crippen molar-refractivity contribution in [3.63, 3.8) is 0 Å². The minimum atomic E-state index is 0.434. The number of hydrogen-bond donors (Lipinski definition) is 0. The Hall–Kier alpha value is -3.99. The second-order valence-electron chi connectivity index (χ2n) is 12.0.